The lowest BCUT2D eigenvalue weighted by molar-refractivity contribution is -0.133. The van der Waals surface area contributed by atoms with Crippen molar-refractivity contribution >= 4 is 20.9 Å². The van der Waals surface area contributed by atoms with E-state index in [0.717, 1.165) is 5.57 Å². The number of amides is 1. The van der Waals surface area contributed by atoms with E-state index in [-0.39, 0.29) is 23.4 Å². The van der Waals surface area contributed by atoms with Crippen LogP contribution in [0.4, 0.5) is 0 Å². The maximum atomic E-state index is 12.2. The average Bonchev–Trinajstić information content (AvgIpc) is 2.33. The number of ketones is 1. The normalized spacial score (nSPS) is 26.3. The molecule has 0 aromatic rings. The molecule has 3 atom stereocenters. The Morgan fingerprint density at radius 3 is 2.32 bits per heavy atom. The Bertz CT molecular complexity index is 467. The number of carbonyl (C=O) groups is 2. The first kappa shape index (κ1) is 15.7. The molecule has 0 radical (unpaired) electrons. The number of hydrogen-bond donors (Lipinski definition) is 1. The van der Waals surface area contributed by atoms with Crippen molar-refractivity contribution in [1.29, 1.82) is 0 Å². The monoisotopic (exact) mass is 284 g/mol. The molecule has 1 aliphatic heterocycles. The second-order valence-corrected chi connectivity index (χ2v) is 5.72. The van der Waals surface area contributed by atoms with Gasteiger partial charge in [-0.25, -0.2) is 0 Å². The van der Waals surface area contributed by atoms with Gasteiger partial charge in [0, 0.05) is 14.1 Å². The van der Waals surface area contributed by atoms with Crippen LogP contribution < -0.4 is 0 Å². The Kier molecular flexibility index (Phi) is 4.75. The van der Waals surface area contributed by atoms with Gasteiger partial charge in [0.15, 0.2) is 5.76 Å². The molecule has 1 N–H and O–H groups in total. The number of likely N-dealkylation sites (N-methyl/N-ethyl adjacent to an activating group) is 2. The summed E-state index contributed by atoms with van der Waals surface area (Å²) in [6.45, 7) is 5.43. The van der Waals surface area contributed by atoms with Crippen molar-refractivity contribution in [2.24, 2.45) is 0 Å². The van der Waals surface area contributed by atoms with E-state index in [1.807, 2.05) is 6.92 Å². The molecule has 0 aromatic heterocycles. The van der Waals surface area contributed by atoms with Crippen LogP contribution in [-0.2, 0) is 9.59 Å². The van der Waals surface area contributed by atoms with Crippen molar-refractivity contribution < 1.29 is 14.7 Å². The zero-order valence-electron chi connectivity index (χ0n) is 12.0. The molecule has 0 aliphatic carbocycles. The third-order valence-corrected chi connectivity index (χ3v) is 4.31. The van der Waals surface area contributed by atoms with Crippen LogP contribution >= 0.6 is 9.24 Å². The lowest BCUT2D eigenvalue weighted by atomic mass is 10.1. The smallest absolute Gasteiger partial charge is 0.274 e. The molecule has 0 saturated carbocycles. The molecule has 1 rings (SSSR count). The molecule has 1 aliphatic rings. The van der Waals surface area contributed by atoms with E-state index in [2.05, 4.69) is 9.24 Å². The minimum absolute atomic E-state index is 0.0161. The van der Waals surface area contributed by atoms with Gasteiger partial charge in [0.2, 0.25) is 5.78 Å². The predicted octanol–water partition coefficient (Wildman–Crippen LogP) is 1.28. The Balaban J connectivity index is 3.26. The fourth-order valence-electron chi connectivity index (χ4n) is 1.92. The van der Waals surface area contributed by atoms with Crippen LogP contribution in [-0.4, -0.2) is 52.5 Å². The zero-order valence-corrected chi connectivity index (χ0v) is 13.1. The van der Waals surface area contributed by atoms with Crippen LogP contribution in [0.1, 0.15) is 20.8 Å². The van der Waals surface area contributed by atoms with Gasteiger partial charge in [0.25, 0.3) is 5.91 Å². The van der Waals surface area contributed by atoms with Crippen molar-refractivity contribution in [3.63, 3.8) is 0 Å². The summed E-state index contributed by atoms with van der Waals surface area (Å²) in [7, 11) is 5.98. The standard InChI is InChI=1S/C13H21N2O3P/c1-7(2)6-9(16)11(17)10-12(18)14(4)8(3)13(19)15(10)5/h6,8,13,17H,19H2,1-5H3/b11-10+/t8?,13-/m0/s1. The van der Waals surface area contributed by atoms with Crippen LogP contribution in [0, 0.1) is 0 Å². The van der Waals surface area contributed by atoms with Gasteiger partial charge in [0.1, 0.15) is 5.70 Å². The Labute approximate surface area is 116 Å². The Morgan fingerprint density at radius 2 is 1.84 bits per heavy atom. The summed E-state index contributed by atoms with van der Waals surface area (Å²) in [5.41, 5.74) is 0.815. The number of allylic oxidation sites excluding steroid dienone is 2. The van der Waals surface area contributed by atoms with Gasteiger partial charge >= 0.3 is 0 Å². The van der Waals surface area contributed by atoms with E-state index in [4.69, 9.17) is 0 Å². The van der Waals surface area contributed by atoms with Crippen molar-refractivity contribution in [1.82, 2.24) is 9.80 Å². The summed E-state index contributed by atoms with van der Waals surface area (Å²) in [6.07, 6.45) is 1.32. The molecule has 106 valence electrons. The Hall–Kier alpha value is -1.35. The lowest BCUT2D eigenvalue weighted by Gasteiger charge is -2.43. The van der Waals surface area contributed by atoms with E-state index in [1.165, 1.54) is 11.0 Å². The SMILES string of the molecule is CC(C)=CC(=O)/C(O)=C1/C(=O)N(C)C(C)[C@H](P)N1C. The molecule has 0 bridgehead atoms. The molecular formula is C13H21N2O3P. The van der Waals surface area contributed by atoms with Crippen molar-refractivity contribution in [2.75, 3.05) is 14.1 Å². The highest BCUT2D eigenvalue weighted by molar-refractivity contribution is 7.17. The molecule has 6 heteroatoms. The third kappa shape index (κ3) is 2.98. The van der Waals surface area contributed by atoms with E-state index in [0.29, 0.717) is 0 Å². The third-order valence-electron chi connectivity index (χ3n) is 3.31. The van der Waals surface area contributed by atoms with E-state index in [1.54, 1.807) is 32.8 Å². The van der Waals surface area contributed by atoms with Crippen LogP contribution in [0.3, 0.4) is 0 Å². The molecule has 0 spiro atoms. The number of aliphatic hydroxyl groups is 1. The molecule has 0 aromatic carbocycles. The van der Waals surface area contributed by atoms with E-state index in [9.17, 15) is 14.7 Å². The first-order valence-electron chi connectivity index (χ1n) is 6.06. The summed E-state index contributed by atoms with van der Waals surface area (Å²) in [5, 5.41) is 10.0. The van der Waals surface area contributed by atoms with Crippen molar-refractivity contribution in [3.8, 4) is 0 Å². The van der Waals surface area contributed by atoms with Crippen molar-refractivity contribution in [2.45, 2.75) is 32.6 Å². The number of nitrogens with zero attached hydrogens (tertiary/aromatic N) is 2. The number of hydrogen-bond acceptors (Lipinski definition) is 4. The van der Waals surface area contributed by atoms with Crippen LogP contribution in [0.25, 0.3) is 0 Å². The first-order valence-corrected chi connectivity index (χ1v) is 6.73. The molecule has 1 amide bonds. The summed E-state index contributed by atoms with van der Waals surface area (Å²) >= 11 is 0. The van der Waals surface area contributed by atoms with Gasteiger partial charge in [-0.3, -0.25) is 9.59 Å². The molecule has 19 heavy (non-hydrogen) atoms. The highest BCUT2D eigenvalue weighted by Crippen LogP contribution is 2.28. The summed E-state index contributed by atoms with van der Waals surface area (Å²) in [5.74, 6) is -1.45. The van der Waals surface area contributed by atoms with E-state index >= 15 is 0 Å². The molecule has 2 unspecified atom stereocenters. The zero-order chi connectivity index (χ0) is 14.9. The summed E-state index contributed by atoms with van der Waals surface area (Å²) in [4.78, 5) is 27.2. The fourth-order valence-corrected chi connectivity index (χ4v) is 2.33. The van der Waals surface area contributed by atoms with Crippen LogP contribution in [0.2, 0.25) is 0 Å². The van der Waals surface area contributed by atoms with Gasteiger partial charge in [-0.05, 0) is 26.8 Å². The maximum absolute atomic E-state index is 12.2. The second-order valence-electron chi connectivity index (χ2n) is 5.04. The minimum Gasteiger partial charge on any atom is -0.503 e. The quantitative estimate of drug-likeness (QED) is 0.471. The summed E-state index contributed by atoms with van der Waals surface area (Å²) in [6, 6.07) is -0.0161. The average molecular weight is 284 g/mol. The molecule has 1 fully saturated rings. The van der Waals surface area contributed by atoms with Gasteiger partial charge in [-0.15, -0.1) is 9.24 Å². The first-order chi connectivity index (χ1) is 8.68. The largest absolute Gasteiger partial charge is 0.503 e. The fraction of sp³-hybridized carbons (Fsp3) is 0.538. The Morgan fingerprint density at radius 1 is 1.32 bits per heavy atom. The van der Waals surface area contributed by atoms with Crippen LogP contribution in [0.15, 0.2) is 23.1 Å². The molecular weight excluding hydrogens is 263 g/mol. The highest BCUT2D eigenvalue weighted by Gasteiger charge is 2.38. The number of aliphatic hydroxyl groups excluding tert-OH is 1. The highest BCUT2D eigenvalue weighted by atomic mass is 31.0. The van der Waals surface area contributed by atoms with Gasteiger partial charge < -0.3 is 14.9 Å². The van der Waals surface area contributed by atoms with Gasteiger partial charge in [-0.1, -0.05) is 5.57 Å². The minimum atomic E-state index is -0.546. The number of carbonyl (C=O) groups excluding carboxylic acids is 2. The summed E-state index contributed by atoms with van der Waals surface area (Å²) < 4.78 is 0. The molecule has 5 nitrogen and oxygen atoms in total. The second kappa shape index (κ2) is 5.74. The maximum Gasteiger partial charge on any atom is 0.274 e. The topological polar surface area (TPSA) is 60.9 Å². The molecule has 1 saturated heterocycles. The number of rotatable bonds is 2. The van der Waals surface area contributed by atoms with Gasteiger partial charge in [-0.2, -0.15) is 0 Å². The van der Waals surface area contributed by atoms with Crippen molar-refractivity contribution in [3.05, 3.63) is 23.1 Å². The molecule has 1 heterocycles. The lowest BCUT2D eigenvalue weighted by Crippen LogP contribution is -2.55. The predicted molar refractivity (Wildman–Crippen MR) is 77.6 cm³/mol. The number of piperazine rings is 1. The van der Waals surface area contributed by atoms with Crippen LogP contribution in [0.5, 0.6) is 0 Å². The van der Waals surface area contributed by atoms with E-state index < -0.39 is 11.5 Å². The van der Waals surface area contributed by atoms with Gasteiger partial charge in [0.05, 0.1) is 11.8 Å².